The van der Waals surface area contributed by atoms with Crippen LogP contribution >= 0.6 is 0 Å². The Morgan fingerprint density at radius 1 is 1.10 bits per heavy atom. The molecule has 0 atom stereocenters. The minimum atomic E-state index is -1.29. The normalized spacial score (nSPS) is 10.2. The van der Waals surface area contributed by atoms with Crippen molar-refractivity contribution in [2.75, 3.05) is 5.32 Å². The van der Waals surface area contributed by atoms with Gasteiger partial charge < -0.3 is 10.4 Å². The molecular weight excluding hydrogens is 280 g/mol. The van der Waals surface area contributed by atoms with Crippen LogP contribution in [-0.2, 0) is 0 Å². The van der Waals surface area contributed by atoms with Crippen LogP contribution in [0.3, 0.4) is 0 Å². The number of hydrogen-bond donors (Lipinski definition) is 2. The largest absolute Gasteiger partial charge is 0.478 e. The predicted octanol–water partition coefficient (Wildman–Crippen LogP) is 3.22. The van der Waals surface area contributed by atoms with Crippen LogP contribution in [0.25, 0.3) is 0 Å². The SMILES string of the molecule is Cc1cc(C(=O)Nc2cc(F)ccc2C(=O)O)ccc1F. The second-order valence-electron chi connectivity index (χ2n) is 4.41. The molecule has 0 aliphatic rings. The second-order valence-corrected chi connectivity index (χ2v) is 4.41. The van der Waals surface area contributed by atoms with Gasteiger partial charge in [-0.3, -0.25) is 4.79 Å². The zero-order valence-electron chi connectivity index (χ0n) is 11.0. The Labute approximate surface area is 119 Å². The molecule has 0 bridgehead atoms. The summed E-state index contributed by atoms with van der Waals surface area (Å²) in [5.74, 6) is -3.07. The Morgan fingerprint density at radius 2 is 1.81 bits per heavy atom. The molecule has 2 rings (SSSR count). The number of carbonyl (C=O) groups excluding carboxylic acids is 1. The van der Waals surface area contributed by atoms with Gasteiger partial charge in [-0.2, -0.15) is 0 Å². The van der Waals surface area contributed by atoms with Crippen molar-refractivity contribution in [1.29, 1.82) is 0 Å². The van der Waals surface area contributed by atoms with E-state index in [4.69, 9.17) is 5.11 Å². The van der Waals surface area contributed by atoms with Gasteiger partial charge in [-0.15, -0.1) is 0 Å². The molecule has 0 saturated carbocycles. The van der Waals surface area contributed by atoms with Crippen molar-refractivity contribution in [3.8, 4) is 0 Å². The summed E-state index contributed by atoms with van der Waals surface area (Å²) in [5, 5.41) is 11.3. The van der Waals surface area contributed by atoms with E-state index in [9.17, 15) is 18.4 Å². The Balaban J connectivity index is 2.33. The summed E-state index contributed by atoms with van der Waals surface area (Å²) in [4.78, 5) is 23.0. The molecule has 0 aliphatic heterocycles. The minimum Gasteiger partial charge on any atom is -0.478 e. The third kappa shape index (κ3) is 3.22. The number of carbonyl (C=O) groups is 2. The van der Waals surface area contributed by atoms with E-state index in [-0.39, 0.29) is 22.4 Å². The van der Waals surface area contributed by atoms with Gasteiger partial charge in [-0.1, -0.05) is 0 Å². The van der Waals surface area contributed by atoms with E-state index in [0.717, 1.165) is 24.3 Å². The summed E-state index contributed by atoms with van der Waals surface area (Å²) in [5.41, 5.74) is 0.0351. The van der Waals surface area contributed by atoms with E-state index in [1.807, 2.05) is 0 Å². The third-order valence-electron chi connectivity index (χ3n) is 2.88. The number of carboxylic acids is 1. The number of aromatic carboxylic acids is 1. The van der Waals surface area contributed by atoms with Crippen molar-refractivity contribution in [1.82, 2.24) is 0 Å². The maximum absolute atomic E-state index is 13.2. The summed E-state index contributed by atoms with van der Waals surface area (Å²) < 4.78 is 26.3. The van der Waals surface area contributed by atoms with Gasteiger partial charge in [-0.05, 0) is 48.9 Å². The monoisotopic (exact) mass is 291 g/mol. The topological polar surface area (TPSA) is 66.4 Å². The van der Waals surface area contributed by atoms with Gasteiger partial charge >= 0.3 is 5.97 Å². The van der Waals surface area contributed by atoms with Gasteiger partial charge in [0.15, 0.2) is 0 Å². The minimum absolute atomic E-state index is 0.148. The summed E-state index contributed by atoms with van der Waals surface area (Å²) in [6.45, 7) is 1.50. The van der Waals surface area contributed by atoms with Gasteiger partial charge in [0.2, 0.25) is 0 Å². The Kier molecular flexibility index (Phi) is 3.98. The standard InChI is InChI=1S/C15H11F2NO3/c1-8-6-9(2-5-12(8)17)14(19)18-13-7-10(16)3-4-11(13)15(20)21/h2-7H,1H3,(H,18,19)(H,20,21). The molecule has 0 saturated heterocycles. The Bertz CT molecular complexity index is 729. The lowest BCUT2D eigenvalue weighted by molar-refractivity contribution is 0.0698. The molecule has 2 N–H and O–H groups in total. The summed E-state index contributed by atoms with van der Waals surface area (Å²) in [6.07, 6.45) is 0. The van der Waals surface area contributed by atoms with Crippen LogP contribution in [0.15, 0.2) is 36.4 Å². The molecule has 4 nitrogen and oxygen atoms in total. The average Bonchev–Trinajstić information content (AvgIpc) is 2.41. The molecule has 0 aromatic heterocycles. The fourth-order valence-corrected chi connectivity index (χ4v) is 1.79. The summed E-state index contributed by atoms with van der Waals surface area (Å²) >= 11 is 0. The van der Waals surface area contributed by atoms with Crippen LogP contribution in [0.5, 0.6) is 0 Å². The van der Waals surface area contributed by atoms with Crippen LogP contribution in [0.4, 0.5) is 14.5 Å². The number of anilines is 1. The number of halogens is 2. The van der Waals surface area contributed by atoms with Crippen molar-refractivity contribution in [3.63, 3.8) is 0 Å². The number of amides is 1. The van der Waals surface area contributed by atoms with Crippen LogP contribution in [0.1, 0.15) is 26.3 Å². The first-order valence-electron chi connectivity index (χ1n) is 5.99. The smallest absolute Gasteiger partial charge is 0.337 e. The van der Waals surface area contributed by atoms with E-state index < -0.39 is 23.5 Å². The third-order valence-corrected chi connectivity index (χ3v) is 2.88. The van der Waals surface area contributed by atoms with Gasteiger partial charge in [0.1, 0.15) is 11.6 Å². The lowest BCUT2D eigenvalue weighted by Gasteiger charge is -2.09. The van der Waals surface area contributed by atoms with E-state index in [1.165, 1.54) is 19.1 Å². The summed E-state index contributed by atoms with van der Waals surface area (Å²) in [7, 11) is 0. The van der Waals surface area contributed by atoms with E-state index in [2.05, 4.69) is 5.32 Å². The fourth-order valence-electron chi connectivity index (χ4n) is 1.79. The molecule has 0 heterocycles. The van der Waals surface area contributed by atoms with Gasteiger partial charge in [-0.25, -0.2) is 13.6 Å². The highest BCUT2D eigenvalue weighted by Crippen LogP contribution is 2.19. The molecule has 0 radical (unpaired) electrons. The molecule has 1 amide bonds. The van der Waals surface area contributed by atoms with Crippen molar-refractivity contribution in [2.24, 2.45) is 0 Å². The molecule has 2 aromatic carbocycles. The highest BCUT2D eigenvalue weighted by molar-refractivity contribution is 6.07. The molecule has 6 heteroatoms. The molecule has 0 spiro atoms. The van der Waals surface area contributed by atoms with Crippen LogP contribution in [0, 0.1) is 18.6 Å². The number of aryl methyl sites for hydroxylation is 1. The summed E-state index contributed by atoms with van der Waals surface area (Å²) in [6, 6.07) is 6.68. The van der Waals surface area contributed by atoms with E-state index >= 15 is 0 Å². The van der Waals surface area contributed by atoms with E-state index in [0.29, 0.717) is 0 Å². The number of rotatable bonds is 3. The predicted molar refractivity (Wildman–Crippen MR) is 72.4 cm³/mol. The molecule has 0 unspecified atom stereocenters. The Morgan fingerprint density at radius 3 is 2.43 bits per heavy atom. The fraction of sp³-hybridized carbons (Fsp3) is 0.0667. The molecular formula is C15H11F2NO3. The molecule has 0 aliphatic carbocycles. The number of benzene rings is 2. The first-order chi connectivity index (χ1) is 9.88. The van der Waals surface area contributed by atoms with Gasteiger partial charge in [0, 0.05) is 5.56 Å². The average molecular weight is 291 g/mol. The van der Waals surface area contributed by atoms with Crippen LogP contribution in [0.2, 0.25) is 0 Å². The second kappa shape index (κ2) is 5.70. The lowest BCUT2D eigenvalue weighted by atomic mass is 10.1. The van der Waals surface area contributed by atoms with Crippen LogP contribution < -0.4 is 5.32 Å². The first-order valence-corrected chi connectivity index (χ1v) is 5.99. The number of carboxylic acid groups (broad SMARTS) is 1. The number of nitrogens with one attached hydrogen (secondary N) is 1. The zero-order chi connectivity index (χ0) is 15.6. The zero-order valence-corrected chi connectivity index (χ0v) is 11.0. The quantitative estimate of drug-likeness (QED) is 0.912. The molecule has 108 valence electrons. The maximum atomic E-state index is 13.2. The highest BCUT2D eigenvalue weighted by atomic mass is 19.1. The first kappa shape index (κ1) is 14.6. The Hall–Kier alpha value is -2.76. The van der Waals surface area contributed by atoms with E-state index in [1.54, 1.807) is 0 Å². The molecule has 21 heavy (non-hydrogen) atoms. The van der Waals surface area contributed by atoms with Crippen molar-refractivity contribution in [3.05, 3.63) is 64.7 Å². The highest BCUT2D eigenvalue weighted by Gasteiger charge is 2.15. The van der Waals surface area contributed by atoms with Crippen LogP contribution in [-0.4, -0.2) is 17.0 Å². The van der Waals surface area contributed by atoms with Gasteiger partial charge in [0.25, 0.3) is 5.91 Å². The lowest BCUT2D eigenvalue weighted by Crippen LogP contribution is -2.15. The van der Waals surface area contributed by atoms with Gasteiger partial charge in [0.05, 0.1) is 11.3 Å². The maximum Gasteiger partial charge on any atom is 0.337 e. The molecule has 2 aromatic rings. The van der Waals surface area contributed by atoms with Crippen molar-refractivity contribution < 1.29 is 23.5 Å². The van der Waals surface area contributed by atoms with Crippen molar-refractivity contribution in [2.45, 2.75) is 6.92 Å². The number of hydrogen-bond acceptors (Lipinski definition) is 2. The molecule has 0 fully saturated rings. The van der Waals surface area contributed by atoms with Crippen molar-refractivity contribution >= 4 is 17.6 Å².